The van der Waals surface area contributed by atoms with Crippen LogP contribution in [0.1, 0.15) is 60.8 Å². The molecule has 2 fully saturated rings. The van der Waals surface area contributed by atoms with E-state index in [0.717, 1.165) is 12.8 Å². The Morgan fingerprint density at radius 3 is 1.93 bits per heavy atom. The quantitative estimate of drug-likeness (QED) is 0.786. The third-order valence-electron chi connectivity index (χ3n) is 4.72. The smallest absolute Gasteiger partial charge is 0.411 e. The molecule has 2 amide bonds. The molecule has 154 valence electrons. The molecule has 0 saturated carbocycles. The number of hydrogen-bond donors (Lipinski definition) is 1. The summed E-state index contributed by atoms with van der Waals surface area (Å²) in [5.41, 5.74) is -1.29. The molecule has 2 aliphatic rings. The van der Waals surface area contributed by atoms with Gasteiger partial charge in [-0.2, -0.15) is 0 Å². The van der Waals surface area contributed by atoms with Gasteiger partial charge in [-0.05, 0) is 66.7 Å². The monoisotopic (exact) mass is 384 g/mol. The number of ether oxygens (including phenoxy) is 2. The number of amides is 2. The van der Waals surface area contributed by atoms with Crippen molar-refractivity contribution in [2.45, 2.75) is 84.1 Å². The summed E-state index contributed by atoms with van der Waals surface area (Å²) in [4.78, 5) is 39.7. The Labute approximate surface area is 160 Å². The summed E-state index contributed by atoms with van der Waals surface area (Å²) >= 11 is 0. The Morgan fingerprint density at radius 1 is 0.926 bits per heavy atom. The standard InChI is InChI=1S/C19H32N2O6/c1-18(2,3)26-16(24)20-9-7-8-13(20)12-10-14(15(22)23)21(11-12)17(25)27-19(4,5)6/h12-14H,7-11H2,1-6H3,(H,22,23)/t12?,13-,14?/m0/s1. The van der Waals surface area contributed by atoms with Gasteiger partial charge in [-0.15, -0.1) is 0 Å². The average Bonchev–Trinajstić information content (AvgIpc) is 3.10. The van der Waals surface area contributed by atoms with Crippen LogP contribution in [-0.4, -0.2) is 69.4 Å². The maximum absolute atomic E-state index is 12.5. The van der Waals surface area contributed by atoms with Crippen LogP contribution in [0.3, 0.4) is 0 Å². The molecule has 27 heavy (non-hydrogen) atoms. The van der Waals surface area contributed by atoms with Gasteiger partial charge < -0.3 is 19.5 Å². The molecular formula is C19H32N2O6. The second kappa shape index (κ2) is 7.56. The number of carboxylic acid groups (broad SMARTS) is 1. The van der Waals surface area contributed by atoms with E-state index in [0.29, 0.717) is 13.0 Å². The molecule has 3 atom stereocenters. The molecular weight excluding hydrogens is 352 g/mol. The number of carboxylic acids is 1. The van der Waals surface area contributed by atoms with Crippen LogP contribution < -0.4 is 0 Å². The minimum atomic E-state index is -1.05. The van der Waals surface area contributed by atoms with Crippen LogP contribution in [0.5, 0.6) is 0 Å². The normalized spacial score (nSPS) is 26.2. The first-order valence-electron chi connectivity index (χ1n) is 9.50. The van der Waals surface area contributed by atoms with Crippen molar-refractivity contribution in [2.75, 3.05) is 13.1 Å². The van der Waals surface area contributed by atoms with Gasteiger partial charge in [0.25, 0.3) is 0 Å². The number of rotatable bonds is 2. The van der Waals surface area contributed by atoms with Crippen LogP contribution >= 0.6 is 0 Å². The lowest BCUT2D eigenvalue weighted by Gasteiger charge is -2.31. The summed E-state index contributed by atoms with van der Waals surface area (Å²) < 4.78 is 10.9. The topological polar surface area (TPSA) is 96.4 Å². The molecule has 2 rings (SSSR count). The van der Waals surface area contributed by atoms with Crippen molar-refractivity contribution < 1.29 is 29.0 Å². The molecule has 2 saturated heterocycles. The Hall–Kier alpha value is -1.99. The minimum absolute atomic E-state index is 0.117. The Morgan fingerprint density at radius 2 is 1.44 bits per heavy atom. The number of hydrogen-bond acceptors (Lipinski definition) is 5. The van der Waals surface area contributed by atoms with Crippen LogP contribution in [-0.2, 0) is 14.3 Å². The second-order valence-electron chi connectivity index (χ2n) is 9.37. The van der Waals surface area contributed by atoms with Gasteiger partial charge in [0, 0.05) is 19.1 Å². The predicted molar refractivity (Wildman–Crippen MR) is 98.4 cm³/mol. The summed E-state index contributed by atoms with van der Waals surface area (Å²) in [6, 6.07) is -1.07. The highest BCUT2D eigenvalue weighted by molar-refractivity contribution is 5.81. The number of aliphatic carboxylic acids is 1. The average molecular weight is 384 g/mol. The number of likely N-dealkylation sites (tertiary alicyclic amines) is 2. The van der Waals surface area contributed by atoms with Gasteiger partial charge in [0.2, 0.25) is 0 Å². The van der Waals surface area contributed by atoms with Crippen LogP contribution in [0.15, 0.2) is 0 Å². The highest BCUT2D eigenvalue weighted by Gasteiger charge is 2.47. The van der Waals surface area contributed by atoms with E-state index in [1.807, 2.05) is 20.8 Å². The van der Waals surface area contributed by atoms with Crippen molar-refractivity contribution in [2.24, 2.45) is 5.92 Å². The van der Waals surface area contributed by atoms with E-state index >= 15 is 0 Å². The largest absolute Gasteiger partial charge is 0.480 e. The summed E-state index contributed by atoms with van der Waals surface area (Å²) in [5, 5.41) is 9.56. The number of carbonyl (C=O) groups is 3. The van der Waals surface area contributed by atoms with Crippen molar-refractivity contribution in [3.05, 3.63) is 0 Å². The van der Waals surface area contributed by atoms with Crippen LogP contribution in [0.25, 0.3) is 0 Å². The fourth-order valence-corrected chi connectivity index (χ4v) is 3.73. The van der Waals surface area contributed by atoms with Gasteiger partial charge in [0.05, 0.1) is 0 Å². The zero-order valence-electron chi connectivity index (χ0n) is 17.2. The number of carbonyl (C=O) groups excluding carboxylic acids is 2. The molecule has 0 aromatic heterocycles. The highest BCUT2D eigenvalue weighted by Crippen LogP contribution is 2.35. The van der Waals surface area contributed by atoms with Crippen molar-refractivity contribution in [3.8, 4) is 0 Å². The second-order valence-corrected chi connectivity index (χ2v) is 9.37. The first kappa shape index (κ1) is 21.3. The lowest BCUT2D eigenvalue weighted by molar-refractivity contribution is -0.142. The molecule has 2 aliphatic heterocycles. The zero-order valence-corrected chi connectivity index (χ0v) is 17.2. The maximum atomic E-state index is 12.5. The molecule has 0 aliphatic carbocycles. The van der Waals surface area contributed by atoms with E-state index in [2.05, 4.69) is 0 Å². The summed E-state index contributed by atoms with van der Waals surface area (Å²) in [6.45, 7) is 11.5. The third-order valence-corrected chi connectivity index (χ3v) is 4.72. The van der Waals surface area contributed by atoms with E-state index in [-0.39, 0.29) is 24.6 Å². The zero-order chi connectivity index (χ0) is 20.6. The lowest BCUT2D eigenvalue weighted by Crippen LogP contribution is -2.45. The molecule has 0 spiro atoms. The van der Waals surface area contributed by atoms with Gasteiger partial charge in [-0.25, -0.2) is 14.4 Å². The summed E-state index contributed by atoms with van der Waals surface area (Å²) in [5.74, 6) is -1.17. The molecule has 0 aromatic rings. The molecule has 8 heteroatoms. The van der Waals surface area contributed by atoms with E-state index in [1.54, 1.807) is 25.7 Å². The van der Waals surface area contributed by atoms with Crippen molar-refractivity contribution in [1.82, 2.24) is 9.80 Å². The van der Waals surface area contributed by atoms with Gasteiger partial charge >= 0.3 is 18.2 Å². The fourth-order valence-electron chi connectivity index (χ4n) is 3.73. The van der Waals surface area contributed by atoms with Gasteiger partial charge in [-0.3, -0.25) is 4.90 Å². The highest BCUT2D eigenvalue weighted by atomic mass is 16.6. The lowest BCUT2D eigenvalue weighted by atomic mass is 9.95. The predicted octanol–water partition coefficient (Wildman–Crippen LogP) is 3.10. The van der Waals surface area contributed by atoms with E-state index in [4.69, 9.17) is 9.47 Å². The van der Waals surface area contributed by atoms with Crippen LogP contribution in [0.2, 0.25) is 0 Å². The van der Waals surface area contributed by atoms with Crippen molar-refractivity contribution in [1.29, 1.82) is 0 Å². The van der Waals surface area contributed by atoms with Crippen molar-refractivity contribution in [3.63, 3.8) is 0 Å². The van der Waals surface area contributed by atoms with Gasteiger partial charge in [-0.1, -0.05) is 0 Å². The molecule has 1 N–H and O–H groups in total. The van der Waals surface area contributed by atoms with Gasteiger partial charge in [0.1, 0.15) is 17.2 Å². The van der Waals surface area contributed by atoms with E-state index in [9.17, 15) is 19.5 Å². The Bertz CT molecular complexity index is 592. The minimum Gasteiger partial charge on any atom is -0.480 e. The van der Waals surface area contributed by atoms with Crippen LogP contribution in [0, 0.1) is 5.92 Å². The summed E-state index contributed by atoms with van der Waals surface area (Å²) in [7, 11) is 0. The molecule has 2 unspecified atom stereocenters. The number of nitrogens with zero attached hydrogens (tertiary/aromatic N) is 2. The van der Waals surface area contributed by atoms with Crippen LogP contribution in [0.4, 0.5) is 9.59 Å². The molecule has 8 nitrogen and oxygen atoms in total. The van der Waals surface area contributed by atoms with Crippen molar-refractivity contribution >= 4 is 18.2 Å². The SMILES string of the molecule is CC(C)(C)OC(=O)N1CC([C@@H]2CCCN2C(=O)OC(C)(C)C)CC1C(=O)O. The molecule has 0 radical (unpaired) electrons. The summed E-state index contributed by atoms with van der Waals surface area (Å²) in [6.07, 6.45) is 0.911. The molecule has 0 aromatic carbocycles. The Balaban J connectivity index is 2.13. The third kappa shape index (κ3) is 5.49. The Kier molecular flexibility index (Phi) is 5.97. The van der Waals surface area contributed by atoms with E-state index < -0.39 is 29.3 Å². The first-order chi connectivity index (χ1) is 12.3. The van der Waals surface area contributed by atoms with Gasteiger partial charge in [0.15, 0.2) is 0 Å². The molecule has 0 bridgehead atoms. The molecule has 2 heterocycles. The maximum Gasteiger partial charge on any atom is 0.411 e. The first-order valence-corrected chi connectivity index (χ1v) is 9.50. The van der Waals surface area contributed by atoms with E-state index in [1.165, 1.54) is 4.90 Å². The fraction of sp³-hybridized carbons (Fsp3) is 0.842.